The van der Waals surface area contributed by atoms with Crippen LogP contribution in [0.15, 0.2) is 42.5 Å². The smallest absolute Gasteiger partial charge is 0.0239 e. The molecular weight excluding hydrogens is 194 g/mol. The molecule has 1 aliphatic rings. The summed E-state index contributed by atoms with van der Waals surface area (Å²) in [7, 11) is 0. The first-order chi connectivity index (χ1) is 7.66. The van der Waals surface area contributed by atoms with E-state index in [1.807, 2.05) is 0 Å². The molecule has 16 heavy (non-hydrogen) atoms. The number of piperidine rings is 1. The molecule has 1 nitrogen and oxygen atoms in total. The van der Waals surface area contributed by atoms with Crippen molar-refractivity contribution in [1.29, 1.82) is 0 Å². The second kappa shape index (κ2) is 4.84. The molecule has 0 bridgehead atoms. The molecule has 0 aromatic heterocycles. The van der Waals surface area contributed by atoms with Gasteiger partial charge in [0.25, 0.3) is 0 Å². The van der Waals surface area contributed by atoms with Crippen molar-refractivity contribution in [3.63, 3.8) is 0 Å². The third-order valence-corrected chi connectivity index (χ3v) is 3.51. The molecule has 2 rings (SSSR count). The monoisotopic (exact) mass is 215 g/mol. The highest BCUT2D eigenvalue weighted by Gasteiger charge is 2.26. The summed E-state index contributed by atoms with van der Waals surface area (Å²) in [6.45, 7) is 9.81. The number of benzene rings is 1. The molecule has 1 fully saturated rings. The summed E-state index contributed by atoms with van der Waals surface area (Å²) in [5.41, 5.74) is 2.82. The van der Waals surface area contributed by atoms with Crippen LogP contribution in [-0.2, 0) is 6.54 Å². The van der Waals surface area contributed by atoms with Gasteiger partial charge < -0.3 is 0 Å². The van der Waals surface area contributed by atoms with E-state index in [-0.39, 0.29) is 0 Å². The van der Waals surface area contributed by atoms with Crippen molar-refractivity contribution in [3.8, 4) is 0 Å². The average molecular weight is 215 g/mol. The lowest BCUT2D eigenvalue weighted by molar-refractivity contribution is 0.119. The van der Waals surface area contributed by atoms with Gasteiger partial charge >= 0.3 is 0 Å². The van der Waals surface area contributed by atoms with Crippen LogP contribution in [0.1, 0.15) is 32.3 Å². The maximum absolute atomic E-state index is 4.13. The van der Waals surface area contributed by atoms with Gasteiger partial charge in [0.2, 0.25) is 0 Å². The molecule has 1 heterocycles. The van der Waals surface area contributed by atoms with Crippen molar-refractivity contribution in [2.45, 2.75) is 45.3 Å². The van der Waals surface area contributed by atoms with Crippen molar-refractivity contribution in [1.82, 2.24) is 4.90 Å². The van der Waals surface area contributed by atoms with Gasteiger partial charge in [0.1, 0.15) is 0 Å². The zero-order chi connectivity index (χ0) is 11.5. The molecule has 0 unspecified atom stereocenters. The number of hydrogen-bond acceptors (Lipinski definition) is 1. The SMILES string of the molecule is C=C1C[C@H](C)N(Cc2ccccc2)[C@@H](C)C1. The first kappa shape index (κ1) is 11.4. The van der Waals surface area contributed by atoms with Crippen LogP contribution in [0, 0.1) is 0 Å². The van der Waals surface area contributed by atoms with Gasteiger partial charge in [0.15, 0.2) is 0 Å². The van der Waals surface area contributed by atoms with Crippen LogP contribution in [0.25, 0.3) is 0 Å². The summed E-state index contributed by atoms with van der Waals surface area (Å²) in [5.74, 6) is 0. The Balaban J connectivity index is 2.06. The number of nitrogens with zero attached hydrogens (tertiary/aromatic N) is 1. The molecule has 0 spiro atoms. The zero-order valence-corrected chi connectivity index (χ0v) is 10.3. The van der Waals surface area contributed by atoms with E-state index in [9.17, 15) is 0 Å². The van der Waals surface area contributed by atoms with Crippen LogP contribution in [0.2, 0.25) is 0 Å². The third-order valence-electron chi connectivity index (χ3n) is 3.51. The second-order valence-electron chi connectivity index (χ2n) is 5.01. The predicted octanol–water partition coefficient (Wildman–Crippen LogP) is 3.62. The molecule has 0 aliphatic carbocycles. The molecule has 1 saturated heterocycles. The fourth-order valence-electron chi connectivity index (χ4n) is 2.69. The zero-order valence-electron chi connectivity index (χ0n) is 10.3. The van der Waals surface area contributed by atoms with Crippen LogP contribution in [0.3, 0.4) is 0 Å². The summed E-state index contributed by atoms with van der Waals surface area (Å²) in [6.07, 6.45) is 2.30. The highest BCUT2D eigenvalue weighted by Crippen LogP contribution is 2.27. The van der Waals surface area contributed by atoms with Crippen molar-refractivity contribution in [2.24, 2.45) is 0 Å². The Kier molecular flexibility index (Phi) is 3.45. The number of rotatable bonds is 2. The van der Waals surface area contributed by atoms with E-state index in [4.69, 9.17) is 0 Å². The molecule has 2 atom stereocenters. The third kappa shape index (κ3) is 2.53. The number of likely N-dealkylation sites (tertiary alicyclic amines) is 1. The molecule has 1 heteroatoms. The molecule has 0 N–H and O–H groups in total. The molecule has 1 aromatic carbocycles. The van der Waals surface area contributed by atoms with Crippen LogP contribution < -0.4 is 0 Å². The molecule has 0 radical (unpaired) electrons. The van der Waals surface area contributed by atoms with E-state index < -0.39 is 0 Å². The molecule has 86 valence electrons. The summed E-state index contributed by atoms with van der Waals surface area (Å²) in [5, 5.41) is 0. The van der Waals surface area contributed by atoms with E-state index in [1.165, 1.54) is 11.1 Å². The Hall–Kier alpha value is -1.08. The Morgan fingerprint density at radius 2 is 1.69 bits per heavy atom. The van der Waals surface area contributed by atoms with E-state index in [1.54, 1.807) is 0 Å². The predicted molar refractivity (Wildman–Crippen MR) is 69.3 cm³/mol. The normalized spacial score (nSPS) is 27.0. The van der Waals surface area contributed by atoms with Gasteiger partial charge in [-0.2, -0.15) is 0 Å². The molecule has 1 aromatic rings. The van der Waals surface area contributed by atoms with E-state index in [0.717, 1.165) is 19.4 Å². The largest absolute Gasteiger partial charge is 0.293 e. The van der Waals surface area contributed by atoms with Gasteiger partial charge in [-0.05, 0) is 32.3 Å². The maximum atomic E-state index is 4.13. The minimum absolute atomic E-state index is 0.622. The minimum atomic E-state index is 0.622. The van der Waals surface area contributed by atoms with E-state index in [0.29, 0.717) is 12.1 Å². The van der Waals surface area contributed by atoms with Gasteiger partial charge in [0.05, 0.1) is 0 Å². The lowest BCUT2D eigenvalue weighted by atomic mass is 9.93. The quantitative estimate of drug-likeness (QED) is 0.681. The first-order valence-corrected chi connectivity index (χ1v) is 6.13. The van der Waals surface area contributed by atoms with Crippen LogP contribution in [0.4, 0.5) is 0 Å². The standard InChI is InChI=1S/C15H21N/c1-12-9-13(2)16(14(3)10-12)11-15-7-5-4-6-8-15/h4-8,13-14H,1,9-11H2,2-3H3/t13-,14-/m0/s1. The van der Waals surface area contributed by atoms with Crippen molar-refractivity contribution >= 4 is 0 Å². The average Bonchev–Trinajstić information content (AvgIpc) is 2.25. The van der Waals surface area contributed by atoms with Gasteiger partial charge in [-0.25, -0.2) is 0 Å². The Bertz CT molecular complexity index is 341. The lowest BCUT2D eigenvalue weighted by Gasteiger charge is -2.40. The highest BCUT2D eigenvalue weighted by molar-refractivity contribution is 5.16. The minimum Gasteiger partial charge on any atom is -0.293 e. The van der Waals surface area contributed by atoms with Crippen LogP contribution in [-0.4, -0.2) is 17.0 Å². The summed E-state index contributed by atoms with van der Waals surface area (Å²) in [4.78, 5) is 2.59. The summed E-state index contributed by atoms with van der Waals surface area (Å²) >= 11 is 0. The van der Waals surface area contributed by atoms with Crippen molar-refractivity contribution in [2.75, 3.05) is 0 Å². The topological polar surface area (TPSA) is 3.24 Å². The highest BCUT2D eigenvalue weighted by atomic mass is 15.2. The van der Waals surface area contributed by atoms with E-state index in [2.05, 4.69) is 55.7 Å². The van der Waals surface area contributed by atoms with Gasteiger partial charge in [-0.3, -0.25) is 4.90 Å². The lowest BCUT2D eigenvalue weighted by Crippen LogP contribution is -2.43. The molecule has 0 amide bonds. The Morgan fingerprint density at radius 3 is 2.25 bits per heavy atom. The van der Waals surface area contributed by atoms with E-state index >= 15 is 0 Å². The second-order valence-corrected chi connectivity index (χ2v) is 5.01. The molecule has 0 saturated carbocycles. The van der Waals surface area contributed by atoms with Crippen molar-refractivity contribution < 1.29 is 0 Å². The first-order valence-electron chi connectivity index (χ1n) is 6.13. The van der Waals surface area contributed by atoms with Crippen molar-refractivity contribution in [3.05, 3.63) is 48.0 Å². The molecular formula is C15H21N. The summed E-state index contributed by atoms with van der Waals surface area (Å²) in [6, 6.07) is 12.0. The van der Waals surface area contributed by atoms with Gasteiger partial charge in [-0.1, -0.05) is 42.5 Å². The number of hydrogen-bond donors (Lipinski definition) is 0. The van der Waals surface area contributed by atoms with Gasteiger partial charge in [0, 0.05) is 18.6 Å². The van der Waals surface area contributed by atoms with Crippen LogP contribution >= 0.6 is 0 Å². The Labute approximate surface area is 98.8 Å². The van der Waals surface area contributed by atoms with Crippen LogP contribution in [0.5, 0.6) is 0 Å². The summed E-state index contributed by atoms with van der Waals surface area (Å²) < 4.78 is 0. The fraction of sp³-hybridized carbons (Fsp3) is 0.467. The Morgan fingerprint density at radius 1 is 1.12 bits per heavy atom. The fourth-order valence-corrected chi connectivity index (χ4v) is 2.69. The maximum Gasteiger partial charge on any atom is 0.0239 e. The molecule has 1 aliphatic heterocycles. The van der Waals surface area contributed by atoms with Gasteiger partial charge in [-0.15, -0.1) is 0 Å².